The van der Waals surface area contributed by atoms with Crippen LogP contribution in [-0.4, -0.2) is 10.3 Å². The largest absolute Gasteiger partial charge is 0.330 e. The molecule has 0 aromatic carbocycles. The lowest BCUT2D eigenvalue weighted by Crippen LogP contribution is -1.79. The predicted molar refractivity (Wildman–Crippen MR) is 43.6 cm³/mol. The Balaban J connectivity index is 3.80. The van der Waals surface area contributed by atoms with Crippen LogP contribution < -0.4 is 0 Å². The van der Waals surface area contributed by atoms with Gasteiger partial charge < -0.3 is 4.55 Å². The van der Waals surface area contributed by atoms with E-state index in [1.54, 1.807) is 12.2 Å². The van der Waals surface area contributed by atoms with Crippen LogP contribution in [0.1, 0.15) is 0 Å². The Bertz CT molecular complexity index is 127. The molecule has 0 aliphatic heterocycles. The van der Waals surface area contributed by atoms with E-state index in [0.717, 1.165) is 17.6 Å². The number of rotatable bonds is 4. The molecule has 0 aromatic rings. The lowest BCUT2D eigenvalue weighted by atomic mass is 10.3. The molecule has 50 valence electrons. The Hall–Kier alpha value is -0.470. The van der Waals surface area contributed by atoms with Gasteiger partial charge in [0.2, 0.25) is 0 Å². The average molecular weight is 142 g/mol. The normalized spacial score (nSPS) is 11.0. The first-order chi connectivity index (χ1) is 4.35. The molecule has 0 rings (SSSR count). The van der Waals surface area contributed by atoms with Crippen molar-refractivity contribution in [3.8, 4) is 0 Å². The number of hydrogen-bond acceptors (Lipinski definition) is 2. The third-order valence-corrected chi connectivity index (χ3v) is 1.29. The molecule has 0 radical (unpaired) electrons. The molecule has 2 heteroatoms. The molecule has 0 aliphatic rings. The first kappa shape index (κ1) is 8.53. The van der Waals surface area contributed by atoms with Crippen molar-refractivity contribution in [2.24, 2.45) is 0 Å². The van der Waals surface area contributed by atoms with Crippen LogP contribution in [0.5, 0.6) is 0 Å². The minimum absolute atomic E-state index is 0.579. The fourth-order valence-electron chi connectivity index (χ4n) is 0.401. The molecule has 1 N–H and O–H groups in total. The van der Waals surface area contributed by atoms with Gasteiger partial charge in [0.05, 0.1) is 0 Å². The standard InChI is InChI=1S/C7H10OS/c1-3-5-7(4-2)6-9-8/h3-5,8H,1-2,6H2/b7-5+. The summed E-state index contributed by atoms with van der Waals surface area (Å²) in [6.45, 7) is 7.07. The van der Waals surface area contributed by atoms with Crippen molar-refractivity contribution < 1.29 is 4.55 Å². The van der Waals surface area contributed by atoms with Crippen molar-refractivity contribution in [1.82, 2.24) is 0 Å². The molecular formula is C7H10OS. The predicted octanol–water partition coefficient (Wildman–Crippen LogP) is 2.49. The zero-order valence-electron chi connectivity index (χ0n) is 5.21. The van der Waals surface area contributed by atoms with Crippen molar-refractivity contribution in [3.63, 3.8) is 0 Å². The maximum absolute atomic E-state index is 8.39. The summed E-state index contributed by atoms with van der Waals surface area (Å²) in [6, 6.07) is 0. The molecule has 0 atom stereocenters. The minimum Gasteiger partial charge on any atom is -0.330 e. The molecule has 0 aromatic heterocycles. The Kier molecular flexibility index (Phi) is 5.37. The summed E-state index contributed by atoms with van der Waals surface area (Å²) in [4.78, 5) is 0. The first-order valence-electron chi connectivity index (χ1n) is 2.55. The highest BCUT2D eigenvalue weighted by molar-refractivity contribution is 7.93. The van der Waals surface area contributed by atoms with Gasteiger partial charge in [0, 0.05) is 5.75 Å². The van der Waals surface area contributed by atoms with Gasteiger partial charge >= 0.3 is 0 Å². The van der Waals surface area contributed by atoms with Crippen LogP contribution in [0.2, 0.25) is 0 Å². The highest BCUT2D eigenvalue weighted by atomic mass is 32.2. The Morgan fingerprint density at radius 1 is 1.56 bits per heavy atom. The molecule has 0 saturated heterocycles. The smallest absolute Gasteiger partial charge is 0.0446 e. The Labute approximate surface area is 60.0 Å². The van der Waals surface area contributed by atoms with E-state index in [-0.39, 0.29) is 0 Å². The molecule has 0 amide bonds. The average Bonchev–Trinajstić information content (AvgIpc) is 1.88. The highest BCUT2D eigenvalue weighted by Gasteiger charge is 1.86. The van der Waals surface area contributed by atoms with Crippen LogP contribution in [-0.2, 0) is 0 Å². The second-order valence-corrected chi connectivity index (χ2v) is 2.00. The van der Waals surface area contributed by atoms with Gasteiger partial charge in [-0.2, -0.15) is 0 Å². The molecule has 0 aliphatic carbocycles. The summed E-state index contributed by atoms with van der Waals surface area (Å²) >= 11 is 0.787. The van der Waals surface area contributed by atoms with Gasteiger partial charge in [-0.05, 0) is 17.6 Å². The second kappa shape index (κ2) is 5.66. The summed E-state index contributed by atoms with van der Waals surface area (Å²) in [5.74, 6) is 0.579. The van der Waals surface area contributed by atoms with Crippen molar-refractivity contribution in [2.45, 2.75) is 0 Å². The molecule has 0 heterocycles. The molecule has 1 nitrogen and oxygen atoms in total. The van der Waals surface area contributed by atoms with E-state index < -0.39 is 0 Å². The van der Waals surface area contributed by atoms with E-state index in [9.17, 15) is 0 Å². The third-order valence-electron chi connectivity index (χ3n) is 0.825. The van der Waals surface area contributed by atoms with E-state index in [4.69, 9.17) is 4.55 Å². The molecule has 0 unspecified atom stereocenters. The van der Waals surface area contributed by atoms with Crippen LogP contribution in [0.15, 0.2) is 37.0 Å². The van der Waals surface area contributed by atoms with Crippen molar-refractivity contribution >= 4 is 12.0 Å². The first-order valence-corrected chi connectivity index (χ1v) is 3.49. The van der Waals surface area contributed by atoms with Gasteiger partial charge in [-0.3, -0.25) is 0 Å². The van der Waals surface area contributed by atoms with Gasteiger partial charge in [0.15, 0.2) is 0 Å². The number of allylic oxidation sites excluding steroid dienone is 3. The maximum Gasteiger partial charge on any atom is 0.0446 e. The van der Waals surface area contributed by atoms with Gasteiger partial charge in [-0.1, -0.05) is 31.4 Å². The topological polar surface area (TPSA) is 20.2 Å². The zero-order chi connectivity index (χ0) is 7.11. The Morgan fingerprint density at radius 3 is 2.56 bits per heavy atom. The molecular weight excluding hydrogens is 132 g/mol. The van der Waals surface area contributed by atoms with E-state index >= 15 is 0 Å². The van der Waals surface area contributed by atoms with Crippen LogP contribution in [0, 0.1) is 0 Å². The molecule has 0 saturated carbocycles. The van der Waals surface area contributed by atoms with Crippen LogP contribution in [0.4, 0.5) is 0 Å². The minimum atomic E-state index is 0.579. The summed E-state index contributed by atoms with van der Waals surface area (Å²) in [5, 5.41) is 0. The van der Waals surface area contributed by atoms with Gasteiger partial charge in [0.25, 0.3) is 0 Å². The van der Waals surface area contributed by atoms with E-state index in [1.807, 2.05) is 6.08 Å². The van der Waals surface area contributed by atoms with E-state index in [1.165, 1.54) is 0 Å². The van der Waals surface area contributed by atoms with Crippen molar-refractivity contribution in [2.75, 3.05) is 5.75 Å². The lowest BCUT2D eigenvalue weighted by molar-refractivity contribution is 0.666. The fraction of sp³-hybridized carbons (Fsp3) is 0.143. The van der Waals surface area contributed by atoms with E-state index in [2.05, 4.69) is 13.2 Å². The summed E-state index contributed by atoms with van der Waals surface area (Å²) < 4.78 is 8.39. The quantitative estimate of drug-likeness (QED) is 0.480. The summed E-state index contributed by atoms with van der Waals surface area (Å²) in [6.07, 6.45) is 5.19. The van der Waals surface area contributed by atoms with Crippen LogP contribution in [0.25, 0.3) is 0 Å². The SMILES string of the molecule is C=C/C=C(\C=C)CSO. The Morgan fingerprint density at radius 2 is 2.22 bits per heavy atom. The summed E-state index contributed by atoms with van der Waals surface area (Å²) in [5.41, 5.74) is 0.984. The summed E-state index contributed by atoms with van der Waals surface area (Å²) in [7, 11) is 0. The third kappa shape index (κ3) is 4.06. The van der Waals surface area contributed by atoms with Crippen molar-refractivity contribution in [1.29, 1.82) is 0 Å². The van der Waals surface area contributed by atoms with Gasteiger partial charge in [-0.25, -0.2) is 0 Å². The molecule has 0 fully saturated rings. The molecule has 0 spiro atoms. The monoisotopic (exact) mass is 142 g/mol. The zero-order valence-corrected chi connectivity index (χ0v) is 6.03. The molecule has 9 heavy (non-hydrogen) atoms. The van der Waals surface area contributed by atoms with Crippen LogP contribution in [0.3, 0.4) is 0 Å². The fourth-order valence-corrected chi connectivity index (χ4v) is 0.764. The van der Waals surface area contributed by atoms with Crippen molar-refractivity contribution in [3.05, 3.63) is 37.0 Å². The van der Waals surface area contributed by atoms with Crippen LogP contribution >= 0.6 is 12.0 Å². The highest BCUT2D eigenvalue weighted by Crippen LogP contribution is 2.03. The number of hydrogen-bond donors (Lipinski definition) is 1. The van der Waals surface area contributed by atoms with Gasteiger partial charge in [0.1, 0.15) is 0 Å². The second-order valence-electron chi connectivity index (χ2n) is 1.45. The van der Waals surface area contributed by atoms with Gasteiger partial charge in [-0.15, -0.1) is 0 Å². The maximum atomic E-state index is 8.39. The van der Waals surface area contributed by atoms with E-state index in [0.29, 0.717) is 5.75 Å². The molecule has 0 bridgehead atoms. The lowest BCUT2D eigenvalue weighted by Gasteiger charge is -1.92.